The minimum absolute atomic E-state index is 0.0881. The summed E-state index contributed by atoms with van der Waals surface area (Å²) >= 11 is 0. The monoisotopic (exact) mass is 197 g/mol. The van der Waals surface area contributed by atoms with Gasteiger partial charge in [-0.25, -0.2) is 0 Å². The van der Waals surface area contributed by atoms with Crippen LogP contribution < -0.4 is 5.73 Å². The Morgan fingerprint density at radius 2 is 2.36 bits per heavy atom. The van der Waals surface area contributed by atoms with Crippen LogP contribution in [0.3, 0.4) is 0 Å². The van der Waals surface area contributed by atoms with Gasteiger partial charge in [0, 0.05) is 7.11 Å². The summed E-state index contributed by atoms with van der Waals surface area (Å²) < 4.78 is 10.3. The molecule has 0 saturated heterocycles. The molecular weight excluding hydrogens is 182 g/mol. The van der Waals surface area contributed by atoms with Crippen LogP contribution in [-0.2, 0) is 10.3 Å². The minimum Gasteiger partial charge on any atom is -0.373 e. The molecule has 0 aromatic carbocycles. The van der Waals surface area contributed by atoms with E-state index in [2.05, 4.69) is 10.1 Å². The van der Waals surface area contributed by atoms with Crippen LogP contribution in [0.4, 0.5) is 0 Å². The second kappa shape index (κ2) is 3.33. The Labute approximate surface area is 82.6 Å². The Hall–Kier alpha value is -0.940. The van der Waals surface area contributed by atoms with Gasteiger partial charge in [-0.1, -0.05) is 12.1 Å². The molecule has 1 unspecified atom stereocenters. The van der Waals surface area contributed by atoms with E-state index in [9.17, 15) is 0 Å². The van der Waals surface area contributed by atoms with E-state index in [1.807, 2.05) is 6.92 Å². The molecule has 1 aromatic heterocycles. The van der Waals surface area contributed by atoms with Crippen LogP contribution in [-0.4, -0.2) is 17.3 Å². The third kappa shape index (κ3) is 1.53. The molecule has 14 heavy (non-hydrogen) atoms. The van der Waals surface area contributed by atoms with Crippen LogP contribution in [0.1, 0.15) is 44.0 Å². The number of nitrogens with zero attached hydrogens (tertiary/aromatic N) is 2. The predicted octanol–water partition coefficient (Wildman–Crippen LogP) is 1.11. The lowest BCUT2D eigenvalue weighted by molar-refractivity contribution is 0.0903. The molecule has 1 fully saturated rings. The van der Waals surface area contributed by atoms with E-state index in [-0.39, 0.29) is 11.6 Å². The number of nitrogens with two attached hydrogens (primary N) is 1. The third-order valence-corrected chi connectivity index (χ3v) is 2.60. The Bertz CT molecular complexity index is 316. The van der Waals surface area contributed by atoms with E-state index >= 15 is 0 Å². The van der Waals surface area contributed by atoms with E-state index in [0.29, 0.717) is 11.7 Å². The van der Waals surface area contributed by atoms with E-state index in [4.69, 9.17) is 15.0 Å². The predicted molar refractivity (Wildman–Crippen MR) is 49.4 cm³/mol. The van der Waals surface area contributed by atoms with Gasteiger partial charge in [-0.05, 0) is 19.3 Å². The first-order valence-corrected chi connectivity index (χ1v) is 4.85. The third-order valence-electron chi connectivity index (χ3n) is 2.60. The summed E-state index contributed by atoms with van der Waals surface area (Å²) in [4.78, 5) is 4.26. The zero-order chi connectivity index (χ0) is 10.2. The van der Waals surface area contributed by atoms with Gasteiger partial charge in [-0.3, -0.25) is 0 Å². The number of ether oxygens (including phenoxy) is 1. The quantitative estimate of drug-likeness (QED) is 0.782. The highest BCUT2D eigenvalue weighted by Gasteiger charge is 2.45. The molecule has 2 rings (SSSR count). The molecule has 1 atom stereocenters. The average molecular weight is 197 g/mol. The highest BCUT2D eigenvalue weighted by atomic mass is 16.5. The van der Waals surface area contributed by atoms with Crippen molar-refractivity contribution < 1.29 is 9.26 Å². The summed E-state index contributed by atoms with van der Waals surface area (Å²) in [5.74, 6) is 1.14. The molecule has 0 bridgehead atoms. The summed E-state index contributed by atoms with van der Waals surface area (Å²) in [6.45, 7) is 2.01. The SMILES string of the molecule is CCC(OC)c1noc(C2(N)CC2)n1. The van der Waals surface area contributed by atoms with Crippen LogP contribution in [0.2, 0.25) is 0 Å². The Morgan fingerprint density at radius 1 is 1.64 bits per heavy atom. The largest absolute Gasteiger partial charge is 0.373 e. The lowest BCUT2D eigenvalue weighted by Crippen LogP contribution is -2.19. The first kappa shape index (κ1) is 9.61. The van der Waals surface area contributed by atoms with Gasteiger partial charge in [-0.2, -0.15) is 4.98 Å². The van der Waals surface area contributed by atoms with Gasteiger partial charge in [0.25, 0.3) is 0 Å². The summed E-state index contributed by atoms with van der Waals surface area (Å²) in [6, 6.07) is 0. The molecule has 0 amide bonds. The van der Waals surface area contributed by atoms with Crippen molar-refractivity contribution in [2.24, 2.45) is 5.73 Å². The number of hydrogen-bond donors (Lipinski definition) is 1. The lowest BCUT2D eigenvalue weighted by atomic mass is 10.2. The summed E-state index contributed by atoms with van der Waals surface area (Å²) in [5, 5.41) is 3.87. The van der Waals surface area contributed by atoms with Crippen molar-refractivity contribution in [2.75, 3.05) is 7.11 Å². The van der Waals surface area contributed by atoms with Crippen molar-refractivity contribution in [3.05, 3.63) is 11.7 Å². The van der Waals surface area contributed by atoms with Gasteiger partial charge in [0.05, 0.1) is 5.54 Å². The van der Waals surface area contributed by atoms with Crippen molar-refractivity contribution in [3.63, 3.8) is 0 Å². The fourth-order valence-electron chi connectivity index (χ4n) is 1.37. The number of rotatable bonds is 4. The molecule has 0 spiro atoms. The molecule has 1 aliphatic rings. The summed E-state index contributed by atoms with van der Waals surface area (Å²) in [5.41, 5.74) is 5.58. The molecule has 2 N–H and O–H groups in total. The second-order valence-electron chi connectivity index (χ2n) is 3.75. The molecule has 1 aromatic rings. The van der Waals surface area contributed by atoms with Crippen LogP contribution in [0.5, 0.6) is 0 Å². The van der Waals surface area contributed by atoms with Crippen LogP contribution in [0, 0.1) is 0 Å². The zero-order valence-corrected chi connectivity index (χ0v) is 8.49. The first-order valence-electron chi connectivity index (χ1n) is 4.85. The Balaban J connectivity index is 2.16. The molecule has 5 heteroatoms. The van der Waals surface area contributed by atoms with Gasteiger partial charge in [-0.15, -0.1) is 0 Å². The van der Waals surface area contributed by atoms with Gasteiger partial charge in [0.15, 0.2) is 0 Å². The summed E-state index contributed by atoms with van der Waals surface area (Å²) in [6.07, 6.45) is 2.60. The molecule has 5 nitrogen and oxygen atoms in total. The van der Waals surface area contributed by atoms with E-state index in [1.165, 1.54) is 0 Å². The maximum Gasteiger partial charge on any atom is 0.246 e. The standard InChI is InChI=1S/C9H15N3O2/c1-3-6(13-2)7-11-8(14-12-7)9(10)4-5-9/h6H,3-5,10H2,1-2H3. The maximum atomic E-state index is 5.93. The van der Waals surface area contributed by atoms with Crippen molar-refractivity contribution in [3.8, 4) is 0 Å². The normalized spacial score (nSPS) is 20.8. The lowest BCUT2D eigenvalue weighted by Gasteiger charge is -2.06. The second-order valence-corrected chi connectivity index (χ2v) is 3.75. The van der Waals surface area contributed by atoms with Crippen molar-refractivity contribution in [2.45, 2.75) is 37.8 Å². The molecular formula is C9H15N3O2. The van der Waals surface area contributed by atoms with Gasteiger partial charge < -0.3 is 15.0 Å². The van der Waals surface area contributed by atoms with Gasteiger partial charge >= 0.3 is 0 Å². The smallest absolute Gasteiger partial charge is 0.246 e. The zero-order valence-electron chi connectivity index (χ0n) is 8.49. The number of aromatic nitrogens is 2. The molecule has 0 radical (unpaired) electrons. The van der Waals surface area contributed by atoms with E-state index in [1.54, 1.807) is 7.11 Å². The Kier molecular flexibility index (Phi) is 2.28. The van der Waals surface area contributed by atoms with Crippen molar-refractivity contribution in [1.82, 2.24) is 10.1 Å². The summed E-state index contributed by atoms with van der Waals surface area (Å²) in [7, 11) is 1.64. The van der Waals surface area contributed by atoms with Crippen LogP contribution >= 0.6 is 0 Å². The van der Waals surface area contributed by atoms with Crippen LogP contribution in [0.15, 0.2) is 4.52 Å². The highest BCUT2D eigenvalue weighted by Crippen LogP contribution is 2.41. The van der Waals surface area contributed by atoms with Crippen molar-refractivity contribution in [1.29, 1.82) is 0 Å². The van der Waals surface area contributed by atoms with Crippen molar-refractivity contribution >= 4 is 0 Å². The van der Waals surface area contributed by atoms with E-state index < -0.39 is 0 Å². The molecule has 1 saturated carbocycles. The molecule has 1 aliphatic carbocycles. The maximum absolute atomic E-state index is 5.93. The van der Waals surface area contributed by atoms with E-state index in [0.717, 1.165) is 19.3 Å². The molecule has 0 aliphatic heterocycles. The number of methoxy groups -OCH3 is 1. The van der Waals surface area contributed by atoms with Crippen LogP contribution in [0.25, 0.3) is 0 Å². The minimum atomic E-state index is -0.350. The first-order chi connectivity index (χ1) is 6.69. The number of hydrogen-bond acceptors (Lipinski definition) is 5. The fraction of sp³-hybridized carbons (Fsp3) is 0.778. The fourth-order valence-corrected chi connectivity index (χ4v) is 1.37. The molecule has 78 valence electrons. The topological polar surface area (TPSA) is 74.2 Å². The Morgan fingerprint density at radius 3 is 2.86 bits per heavy atom. The molecule has 1 heterocycles. The van der Waals surface area contributed by atoms with Gasteiger partial charge in [0.1, 0.15) is 6.10 Å². The average Bonchev–Trinajstić information content (AvgIpc) is 2.76. The highest BCUT2D eigenvalue weighted by molar-refractivity contribution is 5.12. The van der Waals surface area contributed by atoms with Gasteiger partial charge in [0.2, 0.25) is 11.7 Å².